The molecule has 1 aromatic heterocycles. The van der Waals surface area contributed by atoms with Gasteiger partial charge in [0.05, 0.1) is 0 Å². The first-order valence-electron chi connectivity index (χ1n) is 13.3. The Hall–Kier alpha value is -3.63. The van der Waals surface area contributed by atoms with Crippen LogP contribution in [0.5, 0.6) is 0 Å². The first-order valence-corrected chi connectivity index (χ1v) is 14.3. The maximum atomic E-state index is 5.04. The van der Waals surface area contributed by atoms with E-state index in [9.17, 15) is 0 Å². The van der Waals surface area contributed by atoms with Crippen molar-refractivity contribution in [1.29, 1.82) is 0 Å². The second-order valence-corrected chi connectivity index (χ2v) is 11.3. The summed E-state index contributed by atoms with van der Waals surface area (Å²) >= 11 is 3.67. The maximum Gasteiger partial charge on any atom is 0.163 e. The molecule has 188 valence electrons. The highest BCUT2D eigenvalue weighted by atomic mass is 79.9. The third-order valence-electron chi connectivity index (χ3n) is 7.38. The molecule has 3 aliphatic carbocycles. The van der Waals surface area contributed by atoms with Gasteiger partial charge in [0, 0.05) is 16.3 Å². The van der Waals surface area contributed by atoms with Crippen LogP contribution >= 0.6 is 15.9 Å². The van der Waals surface area contributed by atoms with E-state index < -0.39 is 0 Å². The van der Waals surface area contributed by atoms with E-state index in [0.717, 1.165) is 42.3 Å². The van der Waals surface area contributed by atoms with Crippen molar-refractivity contribution in [2.45, 2.75) is 36.9 Å². The van der Waals surface area contributed by atoms with E-state index in [1.165, 1.54) is 27.8 Å². The molecule has 1 heterocycles. The number of benzene rings is 2. The van der Waals surface area contributed by atoms with E-state index in [4.69, 9.17) is 15.0 Å². The van der Waals surface area contributed by atoms with Crippen molar-refractivity contribution in [2.24, 2.45) is 5.92 Å². The summed E-state index contributed by atoms with van der Waals surface area (Å²) in [6, 6.07) is 19.0. The molecule has 3 unspecified atom stereocenters. The summed E-state index contributed by atoms with van der Waals surface area (Å²) in [6.45, 7) is 2.26. The van der Waals surface area contributed by atoms with Gasteiger partial charge in [0.25, 0.3) is 0 Å². The number of aromatic nitrogens is 3. The molecule has 3 aliphatic rings. The van der Waals surface area contributed by atoms with Gasteiger partial charge in [-0.05, 0) is 53.0 Å². The summed E-state index contributed by atoms with van der Waals surface area (Å²) in [6.07, 6.45) is 23.0. The molecular weight excluding hydrogens is 530 g/mol. The molecule has 0 saturated heterocycles. The zero-order chi connectivity index (χ0) is 25.9. The second kappa shape index (κ2) is 11.0. The minimum atomic E-state index is 0.0969. The van der Waals surface area contributed by atoms with Crippen molar-refractivity contribution < 1.29 is 0 Å². The number of hydrogen-bond donors (Lipinski definition) is 0. The van der Waals surface area contributed by atoms with Crippen LogP contribution in [0.25, 0.3) is 28.1 Å². The molecule has 0 saturated carbocycles. The van der Waals surface area contributed by atoms with Gasteiger partial charge < -0.3 is 0 Å². The normalized spacial score (nSPS) is 22.6. The average Bonchev–Trinajstić information content (AvgIpc) is 2.98. The Morgan fingerprint density at radius 1 is 0.789 bits per heavy atom. The maximum absolute atomic E-state index is 5.04. The number of hydrogen-bond acceptors (Lipinski definition) is 3. The van der Waals surface area contributed by atoms with E-state index in [1.807, 2.05) is 6.07 Å². The quantitative estimate of drug-likeness (QED) is 0.293. The van der Waals surface area contributed by atoms with Gasteiger partial charge in [-0.3, -0.25) is 0 Å². The molecule has 0 N–H and O–H groups in total. The van der Waals surface area contributed by atoms with Crippen LogP contribution in [0, 0.1) is 5.92 Å². The molecule has 38 heavy (non-hydrogen) atoms. The SMILES string of the molecule is CC1C=C(C2=CCC(Br)C=C2)C=CC1c1nc(C2=CC=CCC2)nc(-c2ccc(-c3ccccc3)cc2)n1. The minimum absolute atomic E-state index is 0.0969. The molecule has 3 nitrogen and oxygen atoms in total. The highest BCUT2D eigenvalue weighted by Gasteiger charge is 2.25. The Kier molecular flexibility index (Phi) is 7.15. The third-order valence-corrected chi connectivity index (χ3v) is 8.05. The van der Waals surface area contributed by atoms with E-state index in [2.05, 4.69) is 126 Å². The lowest BCUT2D eigenvalue weighted by molar-refractivity contribution is 0.594. The van der Waals surface area contributed by atoms with Crippen molar-refractivity contribution in [1.82, 2.24) is 15.0 Å². The van der Waals surface area contributed by atoms with Gasteiger partial charge in [0.1, 0.15) is 5.82 Å². The first-order chi connectivity index (χ1) is 18.6. The molecule has 3 aromatic rings. The van der Waals surface area contributed by atoms with E-state index in [1.54, 1.807) is 0 Å². The summed E-state index contributed by atoms with van der Waals surface area (Å²) in [5.41, 5.74) is 7.12. The molecule has 2 aromatic carbocycles. The third kappa shape index (κ3) is 5.32. The first kappa shape index (κ1) is 24.7. The van der Waals surface area contributed by atoms with Crippen LogP contribution in [0.15, 0.2) is 120 Å². The fourth-order valence-electron chi connectivity index (χ4n) is 5.19. The molecule has 0 aliphatic heterocycles. The smallest absolute Gasteiger partial charge is 0.163 e. The van der Waals surface area contributed by atoms with Gasteiger partial charge in [0.2, 0.25) is 0 Å². The fraction of sp³-hybridized carbons (Fsp3) is 0.206. The molecule has 4 heteroatoms. The predicted molar refractivity (Wildman–Crippen MR) is 161 cm³/mol. The summed E-state index contributed by atoms with van der Waals surface area (Å²) in [4.78, 5) is 15.5. The van der Waals surface area contributed by atoms with Crippen LogP contribution in [0.4, 0.5) is 0 Å². The lowest BCUT2D eigenvalue weighted by atomic mass is 9.83. The van der Waals surface area contributed by atoms with Gasteiger partial charge in [-0.2, -0.15) is 0 Å². The molecular formula is C34H30BrN3. The van der Waals surface area contributed by atoms with Crippen molar-refractivity contribution in [3.8, 4) is 22.5 Å². The minimum Gasteiger partial charge on any atom is -0.213 e. The summed E-state index contributed by atoms with van der Waals surface area (Å²) in [5, 5.41) is 0. The Morgan fingerprint density at radius 3 is 2.24 bits per heavy atom. The largest absolute Gasteiger partial charge is 0.213 e. The Balaban J connectivity index is 1.35. The fourth-order valence-corrected chi connectivity index (χ4v) is 5.53. The van der Waals surface area contributed by atoms with Crippen LogP contribution in [0.1, 0.15) is 43.8 Å². The number of nitrogens with zero attached hydrogens (tertiary/aromatic N) is 3. The van der Waals surface area contributed by atoms with Crippen LogP contribution in [0.3, 0.4) is 0 Å². The monoisotopic (exact) mass is 559 g/mol. The average molecular weight is 561 g/mol. The number of allylic oxidation sites excluding steroid dienone is 12. The van der Waals surface area contributed by atoms with Gasteiger partial charge in [-0.1, -0.05) is 132 Å². The Bertz CT molecular complexity index is 1510. The lowest BCUT2D eigenvalue weighted by Gasteiger charge is -2.24. The van der Waals surface area contributed by atoms with Crippen molar-refractivity contribution >= 4 is 21.5 Å². The van der Waals surface area contributed by atoms with E-state index in [-0.39, 0.29) is 11.8 Å². The van der Waals surface area contributed by atoms with E-state index in [0.29, 0.717) is 4.83 Å². The zero-order valence-electron chi connectivity index (χ0n) is 21.5. The van der Waals surface area contributed by atoms with Gasteiger partial charge in [-0.15, -0.1) is 0 Å². The van der Waals surface area contributed by atoms with Crippen molar-refractivity contribution in [3.63, 3.8) is 0 Å². The van der Waals surface area contributed by atoms with Gasteiger partial charge in [0.15, 0.2) is 11.6 Å². The van der Waals surface area contributed by atoms with Crippen LogP contribution in [-0.4, -0.2) is 19.8 Å². The molecule has 0 amide bonds. The topological polar surface area (TPSA) is 38.7 Å². The zero-order valence-corrected chi connectivity index (χ0v) is 23.1. The number of halogens is 1. The standard InChI is InChI=1S/C34H30BrN3/c1-23-22-29(26-16-19-30(35)20-17-26)18-21-31(23)34-37-32(27-10-6-3-7-11-27)36-33(38-34)28-14-12-25(13-15-28)24-8-4-2-5-9-24/h2-6,8-10,12-19,21-23,30-31H,7,11,20H2,1H3. The molecule has 0 fully saturated rings. The summed E-state index contributed by atoms with van der Waals surface area (Å²) in [5.74, 6) is 2.73. The van der Waals surface area contributed by atoms with Crippen LogP contribution in [0.2, 0.25) is 0 Å². The summed E-state index contributed by atoms with van der Waals surface area (Å²) in [7, 11) is 0. The second-order valence-electron chi connectivity index (χ2n) is 10.1. The Morgan fingerprint density at radius 2 is 1.53 bits per heavy atom. The summed E-state index contributed by atoms with van der Waals surface area (Å²) < 4.78 is 0. The Labute approximate surface area is 233 Å². The predicted octanol–water partition coefficient (Wildman–Crippen LogP) is 8.80. The lowest BCUT2D eigenvalue weighted by Crippen LogP contribution is -2.16. The number of alkyl halides is 1. The number of rotatable bonds is 5. The van der Waals surface area contributed by atoms with Gasteiger partial charge in [-0.25, -0.2) is 15.0 Å². The molecule has 0 radical (unpaired) electrons. The highest BCUT2D eigenvalue weighted by molar-refractivity contribution is 9.09. The molecule has 0 bridgehead atoms. The van der Waals surface area contributed by atoms with Crippen molar-refractivity contribution in [3.05, 3.63) is 132 Å². The molecule has 3 atom stereocenters. The van der Waals surface area contributed by atoms with Crippen LogP contribution < -0.4 is 0 Å². The van der Waals surface area contributed by atoms with Gasteiger partial charge >= 0.3 is 0 Å². The van der Waals surface area contributed by atoms with Crippen molar-refractivity contribution in [2.75, 3.05) is 0 Å². The highest BCUT2D eigenvalue weighted by Crippen LogP contribution is 2.35. The van der Waals surface area contributed by atoms with E-state index >= 15 is 0 Å². The molecule has 6 rings (SSSR count). The molecule has 0 spiro atoms. The van der Waals surface area contributed by atoms with Crippen LogP contribution in [-0.2, 0) is 0 Å².